The van der Waals surface area contributed by atoms with Gasteiger partial charge < -0.3 is 19.5 Å². The summed E-state index contributed by atoms with van der Waals surface area (Å²) in [5.41, 5.74) is -1.18. The summed E-state index contributed by atoms with van der Waals surface area (Å²) in [6, 6.07) is -1.00. The molecule has 0 fully saturated rings. The van der Waals surface area contributed by atoms with Gasteiger partial charge >= 0.3 is 12.3 Å². The molecule has 0 radical (unpaired) electrons. The quantitative estimate of drug-likeness (QED) is 0.472. The molecular formula is C22H25F6N5O3. The second-order valence-electron chi connectivity index (χ2n) is 9.40. The molecule has 0 saturated carbocycles. The number of rotatable bonds is 5. The highest BCUT2D eigenvalue weighted by atomic mass is 19.4. The zero-order chi connectivity index (χ0) is 27.0. The normalized spacial score (nSPS) is 16.9. The van der Waals surface area contributed by atoms with E-state index in [1.165, 1.54) is 11.8 Å². The summed E-state index contributed by atoms with van der Waals surface area (Å²) in [4.78, 5) is 26.7. The predicted octanol–water partition coefficient (Wildman–Crippen LogP) is 4.14. The number of amides is 2. The van der Waals surface area contributed by atoms with E-state index < -0.39 is 65.6 Å². The summed E-state index contributed by atoms with van der Waals surface area (Å²) in [6.45, 7) is 5.96. The molecule has 2 amide bonds. The van der Waals surface area contributed by atoms with Gasteiger partial charge in [0.15, 0.2) is 17.5 Å². The van der Waals surface area contributed by atoms with Gasteiger partial charge in [0.25, 0.3) is 0 Å². The van der Waals surface area contributed by atoms with Crippen LogP contribution in [0.5, 0.6) is 0 Å². The molecule has 2 atom stereocenters. The molecule has 0 saturated heterocycles. The van der Waals surface area contributed by atoms with Crippen LogP contribution in [0, 0.1) is 17.5 Å². The Morgan fingerprint density at radius 1 is 1.08 bits per heavy atom. The minimum Gasteiger partial charge on any atom is -0.444 e. The van der Waals surface area contributed by atoms with Crippen LogP contribution in [0.3, 0.4) is 0 Å². The summed E-state index contributed by atoms with van der Waals surface area (Å²) in [6.07, 6.45) is -6.45. The fourth-order valence-electron chi connectivity index (χ4n) is 3.90. The number of fused-ring (bicyclic) bond motifs is 1. The van der Waals surface area contributed by atoms with Gasteiger partial charge in [-0.05, 0) is 45.7 Å². The SMILES string of the molecule is C[C@H]1c2nnc(C(F)(F)F)n2CCN1C(=O)C[C@@H](Cc1cc(F)c(F)cc1F)NC(=O)OC(C)(C)C. The van der Waals surface area contributed by atoms with Gasteiger partial charge in [-0.25, -0.2) is 18.0 Å². The summed E-state index contributed by atoms with van der Waals surface area (Å²) < 4.78 is 86.8. The predicted molar refractivity (Wildman–Crippen MR) is 113 cm³/mol. The first kappa shape index (κ1) is 27.3. The zero-order valence-corrected chi connectivity index (χ0v) is 19.9. The highest BCUT2D eigenvalue weighted by molar-refractivity contribution is 5.78. The molecule has 0 bridgehead atoms. The van der Waals surface area contributed by atoms with Crippen LogP contribution in [0.1, 0.15) is 57.4 Å². The molecule has 14 heteroatoms. The van der Waals surface area contributed by atoms with Crippen molar-refractivity contribution in [3.8, 4) is 0 Å². The molecule has 8 nitrogen and oxygen atoms in total. The van der Waals surface area contributed by atoms with Crippen LogP contribution in [0.15, 0.2) is 12.1 Å². The third-order valence-corrected chi connectivity index (χ3v) is 5.46. The Bertz CT molecular complexity index is 1140. The summed E-state index contributed by atoms with van der Waals surface area (Å²) in [5.74, 6) is -5.60. The number of alkyl carbamates (subject to hydrolysis) is 1. The molecule has 2 aromatic rings. The number of halogens is 6. The van der Waals surface area contributed by atoms with Crippen LogP contribution in [0.4, 0.5) is 31.1 Å². The third-order valence-electron chi connectivity index (χ3n) is 5.46. The second kappa shape index (κ2) is 9.97. The smallest absolute Gasteiger partial charge is 0.444 e. The number of carbonyl (C=O) groups is 2. The van der Waals surface area contributed by atoms with Gasteiger partial charge in [-0.3, -0.25) is 4.79 Å². The van der Waals surface area contributed by atoms with Gasteiger partial charge in [0.1, 0.15) is 11.4 Å². The van der Waals surface area contributed by atoms with Crippen LogP contribution in [0.25, 0.3) is 0 Å². The zero-order valence-electron chi connectivity index (χ0n) is 19.9. The van der Waals surface area contributed by atoms with E-state index in [0.717, 1.165) is 4.57 Å². The topological polar surface area (TPSA) is 89.4 Å². The van der Waals surface area contributed by atoms with E-state index in [-0.39, 0.29) is 30.9 Å². The van der Waals surface area contributed by atoms with E-state index in [1.807, 2.05) is 0 Å². The Hall–Kier alpha value is -3.32. The van der Waals surface area contributed by atoms with Gasteiger partial charge in [0.05, 0.1) is 6.04 Å². The van der Waals surface area contributed by atoms with Crippen molar-refractivity contribution in [2.75, 3.05) is 6.54 Å². The number of hydrogen-bond acceptors (Lipinski definition) is 5. The highest BCUT2D eigenvalue weighted by Gasteiger charge is 2.42. The average molecular weight is 521 g/mol. The Balaban J connectivity index is 1.81. The van der Waals surface area contributed by atoms with E-state index in [4.69, 9.17) is 4.74 Å². The van der Waals surface area contributed by atoms with Crippen LogP contribution in [0.2, 0.25) is 0 Å². The lowest BCUT2D eigenvalue weighted by Crippen LogP contribution is -2.46. The number of hydrogen-bond donors (Lipinski definition) is 1. The second-order valence-corrected chi connectivity index (χ2v) is 9.40. The first-order valence-corrected chi connectivity index (χ1v) is 11.0. The number of nitrogens with one attached hydrogen (secondary N) is 1. The van der Waals surface area contributed by atoms with Crippen LogP contribution in [-0.2, 0) is 28.7 Å². The standard InChI is InChI=1S/C22H25F6N5O3/c1-11-18-30-31-19(22(26,27)28)33(18)6-5-32(11)17(34)9-13(29-20(35)36-21(2,3)4)7-12-8-15(24)16(25)10-14(12)23/h8,10-11,13H,5-7,9H2,1-4H3,(H,29,35)/t11-,13+/m0/s1. The minimum atomic E-state index is -4.71. The molecule has 0 unspecified atom stereocenters. The first-order valence-electron chi connectivity index (χ1n) is 11.0. The van der Waals surface area contributed by atoms with Crippen molar-refractivity contribution < 1.29 is 40.7 Å². The number of ether oxygens (including phenoxy) is 1. The molecule has 3 rings (SSSR count). The van der Waals surface area contributed by atoms with Gasteiger partial charge in [0, 0.05) is 31.6 Å². The Kier molecular flexibility index (Phi) is 7.55. The fraction of sp³-hybridized carbons (Fsp3) is 0.545. The molecule has 36 heavy (non-hydrogen) atoms. The largest absolute Gasteiger partial charge is 0.451 e. The Morgan fingerprint density at radius 2 is 1.72 bits per heavy atom. The van der Waals surface area contributed by atoms with Crippen molar-refractivity contribution in [3.63, 3.8) is 0 Å². The van der Waals surface area contributed by atoms with Crippen LogP contribution < -0.4 is 5.32 Å². The van der Waals surface area contributed by atoms with Gasteiger partial charge in [-0.1, -0.05) is 0 Å². The molecule has 1 N–H and O–H groups in total. The maximum Gasteiger partial charge on any atom is 0.451 e. The number of alkyl halides is 3. The van der Waals surface area contributed by atoms with E-state index in [2.05, 4.69) is 15.5 Å². The van der Waals surface area contributed by atoms with E-state index >= 15 is 0 Å². The maximum atomic E-state index is 14.3. The van der Waals surface area contributed by atoms with E-state index in [9.17, 15) is 35.9 Å². The van der Waals surface area contributed by atoms with Crippen molar-refractivity contribution in [1.82, 2.24) is 25.0 Å². The molecule has 0 spiro atoms. The van der Waals surface area contributed by atoms with Gasteiger partial charge in [-0.15, -0.1) is 10.2 Å². The van der Waals surface area contributed by atoms with Crippen molar-refractivity contribution in [1.29, 1.82) is 0 Å². The average Bonchev–Trinajstić information content (AvgIpc) is 3.16. The first-order chi connectivity index (χ1) is 16.6. The molecule has 198 valence electrons. The van der Waals surface area contributed by atoms with E-state index in [0.29, 0.717) is 12.1 Å². The Morgan fingerprint density at radius 3 is 2.33 bits per heavy atom. The van der Waals surface area contributed by atoms with Crippen molar-refractivity contribution >= 4 is 12.0 Å². The molecule has 0 aliphatic carbocycles. The number of carbonyl (C=O) groups excluding carboxylic acids is 2. The van der Waals surface area contributed by atoms with Crippen molar-refractivity contribution in [3.05, 3.63) is 46.8 Å². The van der Waals surface area contributed by atoms with Crippen LogP contribution >= 0.6 is 0 Å². The van der Waals surface area contributed by atoms with Gasteiger partial charge in [0.2, 0.25) is 11.7 Å². The maximum absolute atomic E-state index is 14.3. The molecule has 2 heterocycles. The summed E-state index contributed by atoms with van der Waals surface area (Å²) in [7, 11) is 0. The number of aromatic nitrogens is 3. The molecule has 1 aromatic heterocycles. The number of benzene rings is 1. The monoisotopic (exact) mass is 521 g/mol. The fourth-order valence-corrected chi connectivity index (χ4v) is 3.90. The highest BCUT2D eigenvalue weighted by Crippen LogP contribution is 2.33. The molecule has 1 aliphatic heterocycles. The summed E-state index contributed by atoms with van der Waals surface area (Å²) in [5, 5.41) is 9.22. The lowest BCUT2D eigenvalue weighted by atomic mass is 10.0. The minimum absolute atomic E-state index is 0.0646. The van der Waals surface area contributed by atoms with Crippen molar-refractivity contribution in [2.24, 2.45) is 0 Å². The van der Waals surface area contributed by atoms with Gasteiger partial charge in [-0.2, -0.15) is 13.2 Å². The van der Waals surface area contributed by atoms with Crippen molar-refractivity contribution in [2.45, 2.75) is 70.9 Å². The summed E-state index contributed by atoms with van der Waals surface area (Å²) >= 11 is 0. The third kappa shape index (κ3) is 6.26. The molecule has 1 aliphatic rings. The lowest BCUT2D eigenvalue weighted by Gasteiger charge is -2.35. The Labute approximate surface area is 202 Å². The van der Waals surface area contributed by atoms with E-state index in [1.54, 1.807) is 20.8 Å². The lowest BCUT2D eigenvalue weighted by molar-refractivity contribution is -0.148. The molecular weight excluding hydrogens is 496 g/mol. The molecule has 1 aromatic carbocycles. The van der Waals surface area contributed by atoms with Crippen LogP contribution in [-0.4, -0.2) is 49.9 Å². The number of nitrogens with zero attached hydrogens (tertiary/aromatic N) is 4.